The Morgan fingerprint density at radius 1 is 1.33 bits per heavy atom. The van der Waals surface area contributed by atoms with Crippen molar-refractivity contribution >= 4 is 11.6 Å². The monoisotopic (exact) mass is 292 g/mol. The molecule has 0 bridgehead atoms. The number of benzene rings is 1. The van der Waals surface area contributed by atoms with E-state index in [-0.39, 0.29) is 11.8 Å². The number of amides is 1. The number of methoxy groups -OCH3 is 1. The standard InChI is InChI=1S/C16H24N2O3/c1-20-15-5-3-14(4-6-15)18(10-2-9-17)16(19)13-7-11-21-12-8-13/h3-6,13H,2,7-12,17H2,1H3. The van der Waals surface area contributed by atoms with Crippen LogP contribution in [-0.2, 0) is 9.53 Å². The minimum Gasteiger partial charge on any atom is -0.497 e. The second-order valence-corrected chi connectivity index (χ2v) is 5.22. The molecule has 5 nitrogen and oxygen atoms in total. The predicted molar refractivity (Wildman–Crippen MR) is 82.6 cm³/mol. The van der Waals surface area contributed by atoms with E-state index in [1.54, 1.807) is 7.11 Å². The second kappa shape index (κ2) is 8.00. The van der Waals surface area contributed by atoms with Gasteiger partial charge in [-0.25, -0.2) is 0 Å². The summed E-state index contributed by atoms with van der Waals surface area (Å²) in [7, 11) is 1.63. The summed E-state index contributed by atoms with van der Waals surface area (Å²) in [6, 6.07) is 7.60. The molecule has 1 aliphatic rings. The molecule has 0 atom stereocenters. The van der Waals surface area contributed by atoms with Gasteiger partial charge in [0.2, 0.25) is 5.91 Å². The number of carbonyl (C=O) groups excluding carboxylic acids is 1. The SMILES string of the molecule is COc1ccc(N(CCCN)C(=O)C2CCOCC2)cc1. The Morgan fingerprint density at radius 2 is 2.00 bits per heavy atom. The lowest BCUT2D eigenvalue weighted by Gasteiger charge is -2.29. The van der Waals surface area contributed by atoms with E-state index in [2.05, 4.69) is 0 Å². The van der Waals surface area contributed by atoms with E-state index in [1.807, 2.05) is 29.2 Å². The van der Waals surface area contributed by atoms with E-state index < -0.39 is 0 Å². The van der Waals surface area contributed by atoms with Gasteiger partial charge in [0.15, 0.2) is 0 Å². The highest BCUT2D eigenvalue weighted by molar-refractivity contribution is 5.95. The maximum absolute atomic E-state index is 12.8. The molecule has 0 unspecified atom stereocenters. The van der Waals surface area contributed by atoms with Crippen LogP contribution in [0, 0.1) is 5.92 Å². The van der Waals surface area contributed by atoms with Crippen LogP contribution in [-0.4, -0.2) is 39.3 Å². The molecule has 2 rings (SSSR count). The number of ether oxygens (including phenoxy) is 2. The molecule has 5 heteroatoms. The summed E-state index contributed by atoms with van der Waals surface area (Å²) in [5.74, 6) is 1.02. The van der Waals surface area contributed by atoms with Crippen LogP contribution in [0.15, 0.2) is 24.3 Å². The highest BCUT2D eigenvalue weighted by atomic mass is 16.5. The summed E-state index contributed by atoms with van der Waals surface area (Å²) in [6.45, 7) is 2.57. The third-order valence-corrected chi connectivity index (χ3v) is 3.81. The molecule has 2 N–H and O–H groups in total. The van der Waals surface area contributed by atoms with Crippen LogP contribution in [0.2, 0.25) is 0 Å². The zero-order valence-corrected chi connectivity index (χ0v) is 12.6. The number of rotatable bonds is 6. The van der Waals surface area contributed by atoms with Crippen LogP contribution in [0.3, 0.4) is 0 Å². The fraction of sp³-hybridized carbons (Fsp3) is 0.562. The third kappa shape index (κ3) is 4.19. The van der Waals surface area contributed by atoms with Gasteiger partial charge in [-0.2, -0.15) is 0 Å². The fourth-order valence-electron chi connectivity index (χ4n) is 2.54. The minimum absolute atomic E-state index is 0.0543. The molecule has 0 saturated carbocycles. The predicted octanol–water partition coefficient (Wildman–Crippen LogP) is 1.80. The molecular formula is C16H24N2O3. The van der Waals surface area contributed by atoms with Gasteiger partial charge < -0.3 is 20.1 Å². The van der Waals surface area contributed by atoms with Crippen molar-refractivity contribution in [2.75, 3.05) is 38.3 Å². The molecule has 1 aromatic rings. The Hall–Kier alpha value is -1.59. The third-order valence-electron chi connectivity index (χ3n) is 3.81. The first-order valence-corrected chi connectivity index (χ1v) is 7.49. The number of anilines is 1. The normalized spacial score (nSPS) is 15.7. The molecule has 0 aromatic heterocycles. The van der Waals surface area contributed by atoms with Crippen LogP contribution in [0.5, 0.6) is 5.75 Å². The molecule has 0 aliphatic carbocycles. The zero-order valence-electron chi connectivity index (χ0n) is 12.6. The maximum atomic E-state index is 12.8. The Bertz CT molecular complexity index is 441. The summed E-state index contributed by atoms with van der Waals surface area (Å²) in [5, 5.41) is 0. The molecule has 0 spiro atoms. The molecule has 1 aliphatic heterocycles. The van der Waals surface area contributed by atoms with Gasteiger partial charge in [0.05, 0.1) is 7.11 Å². The van der Waals surface area contributed by atoms with E-state index in [1.165, 1.54) is 0 Å². The maximum Gasteiger partial charge on any atom is 0.230 e. The van der Waals surface area contributed by atoms with E-state index in [0.29, 0.717) is 26.3 Å². The van der Waals surface area contributed by atoms with E-state index in [0.717, 1.165) is 30.7 Å². The van der Waals surface area contributed by atoms with E-state index in [9.17, 15) is 4.79 Å². The van der Waals surface area contributed by atoms with Crippen LogP contribution in [0.25, 0.3) is 0 Å². The topological polar surface area (TPSA) is 64.8 Å². The average Bonchev–Trinajstić information content (AvgIpc) is 2.56. The average molecular weight is 292 g/mol. The molecule has 1 heterocycles. The highest BCUT2D eigenvalue weighted by Gasteiger charge is 2.27. The molecule has 0 radical (unpaired) electrons. The van der Waals surface area contributed by atoms with Gasteiger partial charge in [0.1, 0.15) is 5.75 Å². The fourth-order valence-corrected chi connectivity index (χ4v) is 2.54. The van der Waals surface area contributed by atoms with Gasteiger partial charge in [-0.15, -0.1) is 0 Å². The lowest BCUT2D eigenvalue weighted by Crippen LogP contribution is -2.39. The molecular weight excluding hydrogens is 268 g/mol. The van der Waals surface area contributed by atoms with Crippen LogP contribution in [0.1, 0.15) is 19.3 Å². The molecule has 1 amide bonds. The molecule has 1 saturated heterocycles. The largest absolute Gasteiger partial charge is 0.497 e. The molecule has 1 aromatic carbocycles. The smallest absolute Gasteiger partial charge is 0.230 e. The van der Waals surface area contributed by atoms with Crippen molar-refractivity contribution in [1.29, 1.82) is 0 Å². The van der Waals surface area contributed by atoms with E-state index in [4.69, 9.17) is 15.2 Å². The number of hydrogen-bond acceptors (Lipinski definition) is 4. The highest BCUT2D eigenvalue weighted by Crippen LogP contribution is 2.24. The first kappa shape index (κ1) is 15.8. The number of nitrogens with two attached hydrogens (primary N) is 1. The summed E-state index contributed by atoms with van der Waals surface area (Å²) in [4.78, 5) is 14.6. The van der Waals surface area contributed by atoms with Crippen molar-refractivity contribution in [2.45, 2.75) is 19.3 Å². The van der Waals surface area contributed by atoms with Crippen LogP contribution in [0.4, 0.5) is 5.69 Å². The first-order chi connectivity index (χ1) is 10.3. The number of carbonyl (C=O) groups is 1. The Kier molecular flexibility index (Phi) is 6.02. The van der Waals surface area contributed by atoms with Gasteiger partial charge in [0, 0.05) is 31.4 Å². The van der Waals surface area contributed by atoms with Crippen molar-refractivity contribution in [3.05, 3.63) is 24.3 Å². The van der Waals surface area contributed by atoms with Gasteiger partial charge in [0.25, 0.3) is 0 Å². The van der Waals surface area contributed by atoms with Gasteiger partial charge in [-0.1, -0.05) is 0 Å². The first-order valence-electron chi connectivity index (χ1n) is 7.49. The Balaban J connectivity index is 2.13. The van der Waals surface area contributed by atoms with Gasteiger partial charge in [-0.3, -0.25) is 4.79 Å². The van der Waals surface area contributed by atoms with Gasteiger partial charge in [-0.05, 0) is 50.1 Å². The lowest BCUT2D eigenvalue weighted by molar-refractivity contribution is -0.125. The Morgan fingerprint density at radius 3 is 2.57 bits per heavy atom. The van der Waals surface area contributed by atoms with Crippen molar-refractivity contribution in [3.63, 3.8) is 0 Å². The van der Waals surface area contributed by atoms with Crippen molar-refractivity contribution in [1.82, 2.24) is 0 Å². The van der Waals surface area contributed by atoms with Crippen molar-refractivity contribution in [2.24, 2.45) is 11.7 Å². The number of nitrogens with zero attached hydrogens (tertiary/aromatic N) is 1. The summed E-state index contributed by atoms with van der Waals surface area (Å²) in [6.07, 6.45) is 2.39. The van der Waals surface area contributed by atoms with E-state index >= 15 is 0 Å². The number of hydrogen-bond donors (Lipinski definition) is 1. The van der Waals surface area contributed by atoms with Crippen molar-refractivity contribution in [3.8, 4) is 5.75 Å². The quantitative estimate of drug-likeness (QED) is 0.868. The van der Waals surface area contributed by atoms with Crippen molar-refractivity contribution < 1.29 is 14.3 Å². The molecule has 21 heavy (non-hydrogen) atoms. The Labute approximate surface area is 126 Å². The summed E-state index contributed by atoms with van der Waals surface area (Å²) < 4.78 is 10.5. The zero-order chi connectivity index (χ0) is 15.1. The second-order valence-electron chi connectivity index (χ2n) is 5.22. The molecule has 116 valence electrons. The summed E-state index contributed by atoms with van der Waals surface area (Å²) >= 11 is 0. The summed E-state index contributed by atoms with van der Waals surface area (Å²) in [5.41, 5.74) is 6.50. The van der Waals surface area contributed by atoms with Crippen LogP contribution < -0.4 is 15.4 Å². The van der Waals surface area contributed by atoms with Gasteiger partial charge >= 0.3 is 0 Å². The van der Waals surface area contributed by atoms with Crippen LogP contribution >= 0.6 is 0 Å². The minimum atomic E-state index is 0.0543. The molecule has 1 fully saturated rings. The lowest BCUT2D eigenvalue weighted by atomic mass is 9.98.